The molecule has 0 bridgehead atoms. The average molecular weight is 398 g/mol. The Morgan fingerprint density at radius 3 is 2.76 bits per heavy atom. The van der Waals surface area contributed by atoms with Crippen molar-refractivity contribution >= 4 is 38.3 Å². The molecule has 0 N–H and O–H groups in total. The van der Waals surface area contributed by atoms with Crippen molar-refractivity contribution in [2.75, 3.05) is 11.4 Å². The Bertz CT molecular complexity index is 985. The number of carbonyl (C=O) groups excluding carboxylic acids is 1. The Hall–Kier alpha value is -2.20. The van der Waals surface area contributed by atoms with Gasteiger partial charge in [-0.2, -0.15) is 0 Å². The largest absolute Gasteiger partial charge is 0.312 e. The monoisotopic (exact) mass is 397 g/mol. The highest BCUT2D eigenvalue weighted by Gasteiger charge is 2.34. The Morgan fingerprint density at radius 1 is 1.16 bits per heavy atom. The molecule has 0 fully saturated rings. The standard InChI is InChI=1S/C21H17BrFNO/c1-2-24-19-10-7-13-5-3-4-6-15(13)21(19)17(12-20(24)25)16-11-14(22)8-9-18(16)23/h3-11,17H,2,12H2,1H3. The maximum Gasteiger partial charge on any atom is 0.227 e. The van der Waals surface area contributed by atoms with Gasteiger partial charge in [0.15, 0.2) is 0 Å². The first-order valence-corrected chi connectivity index (χ1v) is 9.16. The highest BCUT2D eigenvalue weighted by atomic mass is 79.9. The summed E-state index contributed by atoms with van der Waals surface area (Å²) >= 11 is 3.43. The number of nitrogens with zero attached hydrogens (tertiary/aromatic N) is 1. The second-order valence-corrected chi connectivity index (χ2v) is 7.20. The van der Waals surface area contributed by atoms with E-state index in [9.17, 15) is 9.18 Å². The summed E-state index contributed by atoms with van der Waals surface area (Å²) in [5.74, 6) is -0.520. The zero-order chi connectivity index (χ0) is 17.6. The zero-order valence-corrected chi connectivity index (χ0v) is 15.4. The average Bonchev–Trinajstić information content (AvgIpc) is 2.62. The van der Waals surface area contributed by atoms with E-state index in [1.165, 1.54) is 6.07 Å². The third kappa shape index (κ3) is 2.65. The first kappa shape index (κ1) is 16.3. The van der Waals surface area contributed by atoms with Gasteiger partial charge in [0.1, 0.15) is 5.82 Å². The number of fused-ring (bicyclic) bond motifs is 3. The van der Waals surface area contributed by atoms with Crippen molar-refractivity contribution in [2.24, 2.45) is 0 Å². The van der Waals surface area contributed by atoms with Crippen LogP contribution in [-0.2, 0) is 4.79 Å². The highest BCUT2D eigenvalue weighted by Crippen LogP contribution is 2.44. The van der Waals surface area contributed by atoms with Crippen LogP contribution in [0.1, 0.15) is 30.4 Å². The van der Waals surface area contributed by atoms with Crippen LogP contribution >= 0.6 is 15.9 Å². The van der Waals surface area contributed by atoms with Crippen LogP contribution in [0.25, 0.3) is 10.8 Å². The highest BCUT2D eigenvalue weighted by molar-refractivity contribution is 9.10. The number of anilines is 1. The van der Waals surface area contributed by atoms with E-state index in [2.05, 4.69) is 28.1 Å². The summed E-state index contributed by atoms with van der Waals surface area (Å²) in [6.07, 6.45) is 0.280. The van der Waals surface area contributed by atoms with Gasteiger partial charge >= 0.3 is 0 Å². The Labute approximate surface area is 154 Å². The van der Waals surface area contributed by atoms with Gasteiger partial charge in [-0.3, -0.25) is 4.79 Å². The molecule has 4 heteroatoms. The summed E-state index contributed by atoms with van der Waals surface area (Å²) in [5.41, 5.74) is 2.49. The minimum Gasteiger partial charge on any atom is -0.312 e. The first-order valence-electron chi connectivity index (χ1n) is 8.37. The molecule has 3 aromatic rings. The second kappa shape index (κ2) is 6.26. The van der Waals surface area contributed by atoms with Crippen LogP contribution in [0.15, 0.2) is 59.1 Å². The Kier molecular flexibility index (Phi) is 4.08. The SMILES string of the molecule is CCN1C(=O)CC(c2cc(Br)ccc2F)c2c1ccc1ccccc21. The number of rotatable bonds is 2. The number of amides is 1. The number of hydrogen-bond acceptors (Lipinski definition) is 1. The van der Waals surface area contributed by atoms with Gasteiger partial charge in [0.05, 0.1) is 0 Å². The van der Waals surface area contributed by atoms with Gasteiger partial charge in [-0.1, -0.05) is 46.3 Å². The molecule has 2 nitrogen and oxygen atoms in total. The van der Waals surface area contributed by atoms with Crippen LogP contribution in [0.5, 0.6) is 0 Å². The van der Waals surface area contributed by atoms with Crippen molar-refractivity contribution in [2.45, 2.75) is 19.3 Å². The zero-order valence-electron chi connectivity index (χ0n) is 13.8. The van der Waals surface area contributed by atoms with E-state index in [1.54, 1.807) is 17.0 Å². The summed E-state index contributed by atoms with van der Waals surface area (Å²) in [5, 5.41) is 2.18. The summed E-state index contributed by atoms with van der Waals surface area (Å²) < 4.78 is 15.4. The molecule has 126 valence electrons. The topological polar surface area (TPSA) is 20.3 Å². The van der Waals surface area contributed by atoms with Gasteiger partial charge in [-0.05, 0) is 53.1 Å². The van der Waals surface area contributed by atoms with Crippen LogP contribution < -0.4 is 4.90 Å². The van der Waals surface area contributed by atoms with Crippen molar-refractivity contribution in [1.29, 1.82) is 0 Å². The van der Waals surface area contributed by atoms with Gasteiger partial charge in [-0.15, -0.1) is 0 Å². The number of benzene rings is 3. The van der Waals surface area contributed by atoms with Crippen molar-refractivity contribution < 1.29 is 9.18 Å². The molecule has 1 unspecified atom stereocenters. The molecular formula is C21H17BrFNO. The summed E-state index contributed by atoms with van der Waals surface area (Å²) in [6.45, 7) is 2.58. The van der Waals surface area contributed by atoms with Crippen LogP contribution in [0, 0.1) is 5.82 Å². The molecule has 4 rings (SSSR count). The lowest BCUT2D eigenvalue weighted by atomic mass is 9.81. The van der Waals surface area contributed by atoms with E-state index in [1.807, 2.05) is 31.2 Å². The number of hydrogen-bond donors (Lipinski definition) is 0. The lowest BCUT2D eigenvalue weighted by Crippen LogP contribution is -2.37. The predicted molar refractivity (Wildman–Crippen MR) is 103 cm³/mol. The minimum absolute atomic E-state index is 0.0367. The molecule has 25 heavy (non-hydrogen) atoms. The molecule has 1 aliphatic rings. The van der Waals surface area contributed by atoms with Gasteiger partial charge in [-0.25, -0.2) is 4.39 Å². The Morgan fingerprint density at radius 2 is 1.96 bits per heavy atom. The predicted octanol–water partition coefficient (Wildman–Crippen LogP) is 5.63. The molecule has 1 atom stereocenters. The molecule has 1 amide bonds. The van der Waals surface area contributed by atoms with Crippen LogP contribution in [0.3, 0.4) is 0 Å². The molecular weight excluding hydrogens is 381 g/mol. The van der Waals surface area contributed by atoms with E-state index in [0.717, 1.165) is 26.5 Å². The smallest absolute Gasteiger partial charge is 0.227 e. The fourth-order valence-corrected chi connectivity index (χ4v) is 4.18. The normalized spacial score (nSPS) is 17.0. The van der Waals surface area contributed by atoms with Crippen LogP contribution in [0.4, 0.5) is 10.1 Å². The maximum atomic E-state index is 14.6. The maximum absolute atomic E-state index is 14.6. The van der Waals surface area contributed by atoms with E-state index in [4.69, 9.17) is 0 Å². The van der Waals surface area contributed by atoms with E-state index in [-0.39, 0.29) is 24.1 Å². The fraction of sp³-hybridized carbons (Fsp3) is 0.190. The van der Waals surface area contributed by atoms with Gasteiger partial charge in [0.25, 0.3) is 0 Å². The van der Waals surface area contributed by atoms with E-state index >= 15 is 0 Å². The van der Waals surface area contributed by atoms with Crippen molar-refractivity contribution in [3.63, 3.8) is 0 Å². The van der Waals surface area contributed by atoms with Crippen molar-refractivity contribution in [3.8, 4) is 0 Å². The van der Waals surface area contributed by atoms with E-state index < -0.39 is 0 Å². The van der Waals surface area contributed by atoms with Crippen LogP contribution in [-0.4, -0.2) is 12.5 Å². The second-order valence-electron chi connectivity index (χ2n) is 6.28. The lowest BCUT2D eigenvalue weighted by molar-refractivity contribution is -0.119. The molecule has 0 radical (unpaired) electrons. The molecule has 1 aliphatic heterocycles. The van der Waals surface area contributed by atoms with Gasteiger partial charge < -0.3 is 4.90 Å². The van der Waals surface area contributed by atoms with Gasteiger partial charge in [0, 0.05) is 29.0 Å². The molecule has 1 heterocycles. The van der Waals surface area contributed by atoms with E-state index in [0.29, 0.717) is 12.1 Å². The summed E-state index contributed by atoms with van der Waals surface area (Å²) in [4.78, 5) is 14.5. The summed E-state index contributed by atoms with van der Waals surface area (Å²) in [7, 11) is 0. The van der Waals surface area contributed by atoms with Gasteiger partial charge in [0.2, 0.25) is 5.91 Å². The lowest BCUT2D eigenvalue weighted by Gasteiger charge is -2.35. The molecule has 0 spiro atoms. The molecule has 0 saturated heterocycles. The minimum atomic E-state index is -0.283. The third-order valence-electron chi connectivity index (χ3n) is 4.92. The van der Waals surface area contributed by atoms with Crippen LogP contribution in [0.2, 0.25) is 0 Å². The fourth-order valence-electron chi connectivity index (χ4n) is 3.80. The molecule has 0 aliphatic carbocycles. The van der Waals surface area contributed by atoms with Crippen molar-refractivity contribution in [3.05, 3.63) is 76.0 Å². The first-order chi connectivity index (χ1) is 12.1. The number of halogens is 2. The summed E-state index contributed by atoms with van der Waals surface area (Å²) in [6, 6.07) is 17.0. The third-order valence-corrected chi connectivity index (χ3v) is 5.41. The van der Waals surface area contributed by atoms with Crippen molar-refractivity contribution in [1.82, 2.24) is 0 Å². The molecule has 3 aromatic carbocycles. The molecule has 0 aromatic heterocycles. The number of carbonyl (C=O) groups is 1. The Balaban J connectivity index is 2.03. The molecule has 0 saturated carbocycles. The quantitative estimate of drug-likeness (QED) is 0.548.